The van der Waals surface area contributed by atoms with Gasteiger partial charge in [0.1, 0.15) is 0 Å². The molecule has 3 nitrogen and oxygen atoms in total. The second kappa shape index (κ2) is 7.95. The van der Waals surface area contributed by atoms with Gasteiger partial charge in [0.2, 0.25) is 0 Å². The fraction of sp³-hybridized carbons (Fsp3) is 0.562. The standard InChI is InChI=1S/C16H24N2O/c1-2-19-13-15-9-6-5-8-14(15)12-18-16-10-4-3-7-11-17-16/h5-6,8-9H,2-4,7,10-13H2,1H3,(H,17,18). The van der Waals surface area contributed by atoms with Crippen LogP contribution in [-0.4, -0.2) is 19.0 Å². The quantitative estimate of drug-likeness (QED) is 0.881. The molecule has 0 bridgehead atoms. The normalized spacial score (nSPS) is 15.7. The van der Waals surface area contributed by atoms with Crippen LogP contribution >= 0.6 is 0 Å². The monoisotopic (exact) mass is 260 g/mol. The lowest BCUT2D eigenvalue weighted by Gasteiger charge is -2.12. The molecule has 1 N–H and O–H groups in total. The second-order valence-electron chi connectivity index (χ2n) is 4.90. The van der Waals surface area contributed by atoms with Gasteiger partial charge in [-0.25, -0.2) is 0 Å². The van der Waals surface area contributed by atoms with E-state index in [1.165, 1.54) is 36.2 Å². The number of amidine groups is 1. The SMILES string of the molecule is CCOCc1ccccc1CNC1=NCCCCC1. The Morgan fingerprint density at radius 2 is 2.00 bits per heavy atom. The highest BCUT2D eigenvalue weighted by molar-refractivity contribution is 5.82. The molecule has 0 amide bonds. The molecule has 3 heteroatoms. The van der Waals surface area contributed by atoms with Crippen LogP contribution in [-0.2, 0) is 17.9 Å². The van der Waals surface area contributed by atoms with Crippen molar-refractivity contribution < 1.29 is 4.74 Å². The Labute approximate surface area is 116 Å². The molecular weight excluding hydrogens is 236 g/mol. The number of hydrogen-bond acceptors (Lipinski definition) is 3. The summed E-state index contributed by atoms with van der Waals surface area (Å²) in [6, 6.07) is 8.46. The van der Waals surface area contributed by atoms with Crippen molar-refractivity contribution in [3.63, 3.8) is 0 Å². The maximum Gasteiger partial charge on any atom is 0.0965 e. The molecule has 0 aliphatic carbocycles. The molecule has 0 atom stereocenters. The first-order valence-corrected chi connectivity index (χ1v) is 7.32. The lowest BCUT2D eigenvalue weighted by atomic mass is 10.1. The number of ether oxygens (including phenoxy) is 1. The molecule has 1 aromatic carbocycles. The Kier molecular flexibility index (Phi) is 5.89. The highest BCUT2D eigenvalue weighted by Crippen LogP contribution is 2.11. The van der Waals surface area contributed by atoms with E-state index in [0.717, 1.165) is 26.1 Å². The minimum Gasteiger partial charge on any atom is -0.377 e. The Hall–Kier alpha value is -1.35. The average Bonchev–Trinajstić information content (AvgIpc) is 2.72. The van der Waals surface area contributed by atoms with Gasteiger partial charge in [0.15, 0.2) is 0 Å². The van der Waals surface area contributed by atoms with Crippen LogP contribution in [0.1, 0.15) is 43.7 Å². The zero-order valence-electron chi connectivity index (χ0n) is 11.8. The molecule has 1 heterocycles. The van der Waals surface area contributed by atoms with E-state index in [1.807, 2.05) is 6.92 Å². The molecule has 2 rings (SSSR count). The molecule has 104 valence electrons. The summed E-state index contributed by atoms with van der Waals surface area (Å²) in [5.74, 6) is 1.17. The fourth-order valence-corrected chi connectivity index (χ4v) is 2.30. The average molecular weight is 260 g/mol. The molecule has 19 heavy (non-hydrogen) atoms. The topological polar surface area (TPSA) is 33.6 Å². The number of rotatable bonds is 5. The van der Waals surface area contributed by atoms with Crippen LogP contribution in [0.15, 0.2) is 29.3 Å². The largest absolute Gasteiger partial charge is 0.377 e. The minimum atomic E-state index is 0.695. The summed E-state index contributed by atoms with van der Waals surface area (Å²) in [6.45, 7) is 5.31. The van der Waals surface area contributed by atoms with Crippen molar-refractivity contribution in [2.45, 2.75) is 45.8 Å². The first kappa shape index (κ1) is 14.1. The minimum absolute atomic E-state index is 0.695. The Bertz CT molecular complexity index is 415. The molecule has 0 saturated heterocycles. The molecule has 0 radical (unpaired) electrons. The maximum absolute atomic E-state index is 5.51. The van der Waals surface area contributed by atoms with Crippen LogP contribution in [0.5, 0.6) is 0 Å². The van der Waals surface area contributed by atoms with E-state index < -0.39 is 0 Å². The van der Waals surface area contributed by atoms with Crippen molar-refractivity contribution >= 4 is 5.84 Å². The zero-order chi connectivity index (χ0) is 13.3. The highest BCUT2D eigenvalue weighted by atomic mass is 16.5. The molecule has 0 spiro atoms. The first-order chi connectivity index (χ1) is 9.40. The van der Waals surface area contributed by atoms with Crippen molar-refractivity contribution in [1.82, 2.24) is 5.32 Å². The maximum atomic E-state index is 5.51. The van der Waals surface area contributed by atoms with E-state index in [1.54, 1.807) is 0 Å². The van der Waals surface area contributed by atoms with Crippen LogP contribution in [0.3, 0.4) is 0 Å². The third kappa shape index (κ3) is 4.67. The Balaban J connectivity index is 1.92. The molecule has 0 aromatic heterocycles. The molecule has 1 aliphatic heterocycles. The number of hydrogen-bond donors (Lipinski definition) is 1. The smallest absolute Gasteiger partial charge is 0.0965 e. The summed E-state index contributed by atoms with van der Waals surface area (Å²) in [6.07, 6.45) is 4.88. The van der Waals surface area contributed by atoms with E-state index in [0.29, 0.717) is 6.61 Å². The predicted molar refractivity (Wildman–Crippen MR) is 79.4 cm³/mol. The van der Waals surface area contributed by atoms with Crippen LogP contribution in [0.4, 0.5) is 0 Å². The summed E-state index contributed by atoms with van der Waals surface area (Å²) >= 11 is 0. The summed E-state index contributed by atoms with van der Waals surface area (Å²) < 4.78 is 5.51. The van der Waals surface area contributed by atoms with Gasteiger partial charge in [0, 0.05) is 26.1 Å². The summed E-state index contributed by atoms with van der Waals surface area (Å²) in [4.78, 5) is 4.60. The van der Waals surface area contributed by atoms with Crippen molar-refractivity contribution in [2.24, 2.45) is 4.99 Å². The molecule has 0 saturated carbocycles. The lowest BCUT2D eigenvalue weighted by Crippen LogP contribution is -2.23. The van der Waals surface area contributed by atoms with Crippen molar-refractivity contribution in [2.75, 3.05) is 13.2 Å². The number of aliphatic imine (C=N–C) groups is 1. The fourth-order valence-electron chi connectivity index (χ4n) is 2.30. The van der Waals surface area contributed by atoms with Crippen LogP contribution in [0.25, 0.3) is 0 Å². The predicted octanol–water partition coefficient (Wildman–Crippen LogP) is 3.29. The van der Waals surface area contributed by atoms with E-state index in [2.05, 4.69) is 34.6 Å². The van der Waals surface area contributed by atoms with Gasteiger partial charge in [0.25, 0.3) is 0 Å². The molecule has 0 fully saturated rings. The number of nitrogens with zero attached hydrogens (tertiary/aromatic N) is 1. The molecule has 0 unspecified atom stereocenters. The van der Waals surface area contributed by atoms with Crippen LogP contribution in [0.2, 0.25) is 0 Å². The van der Waals surface area contributed by atoms with E-state index in [4.69, 9.17) is 4.74 Å². The molecule has 1 aliphatic rings. The molecule has 1 aromatic rings. The lowest BCUT2D eigenvalue weighted by molar-refractivity contribution is 0.133. The Morgan fingerprint density at radius 1 is 1.16 bits per heavy atom. The van der Waals surface area contributed by atoms with Crippen LogP contribution in [0, 0.1) is 0 Å². The van der Waals surface area contributed by atoms with E-state index in [-0.39, 0.29) is 0 Å². The van der Waals surface area contributed by atoms with Crippen molar-refractivity contribution in [3.8, 4) is 0 Å². The highest BCUT2D eigenvalue weighted by Gasteiger charge is 2.06. The third-order valence-corrected chi connectivity index (χ3v) is 3.44. The van der Waals surface area contributed by atoms with Crippen molar-refractivity contribution in [3.05, 3.63) is 35.4 Å². The summed E-state index contributed by atoms with van der Waals surface area (Å²) in [5, 5.41) is 3.49. The zero-order valence-corrected chi connectivity index (χ0v) is 11.8. The molecular formula is C16H24N2O. The van der Waals surface area contributed by atoms with Gasteiger partial charge in [-0.1, -0.05) is 30.7 Å². The van der Waals surface area contributed by atoms with Gasteiger partial charge in [0.05, 0.1) is 12.4 Å². The summed E-state index contributed by atoms with van der Waals surface area (Å²) in [7, 11) is 0. The second-order valence-corrected chi connectivity index (χ2v) is 4.90. The van der Waals surface area contributed by atoms with Crippen molar-refractivity contribution in [1.29, 1.82) is 0 Å². The van der Waals surface area contributed by atoms with Crippen LogP contribution < -0.4 is 5.32 Å². The number of nitrogens with one attached hydrogen (secondary N) is 1. The Morgan fingerprint density at radius 3 is 2.84 bits per heavy atom. The van der Waals surface area contributed by atoms with Gasteiger partial charge in [-0.05, 0) is 30.9 Å². The van der Waals surface area contributed by atoms with Gasteiger partial charge >= 0.3 is 0 Å². The number of benzene rings is 1. The summed E-state index contributed by atoms with van der Waals surface area (Å²) in [5.41, 5.74) is 2.58. The van der Waals surface area contributed by atoms with Gasteiger partial charge in [-0.2, -0.15) is 0 Å². The first-order valence-electron chi connectivity index (χ1n) is 7.32. The van der Waals surface area contributed by atoms with Gasteiger partial charge in [-0.3, -0.25) is 4.99 Å². The van der Waals surface area contributed by atoms with Gasteiger partial charge in [-0.15, -0.1) is 0 Å². The van der Waals surface area contributed by atoms with Gasteiger partial charge < -0.3 is 10.1 Å². The van der Waals surface area contributed by atoms with E-state index in [9.17, 15) is 0 Å². The third-order valence-electron chi connectivity index (χ3n) is 3.44. The van der Waals surface area contributed by atoms with E-state index >= 15 is 0 Å².